The minimum absolute atomic E-state index is 0.0226. The summed E-state index contributed by atoms with van der Waals surface area (Å²) in [6, 6.07) is 26.7. The number of rotatable bonds is 7. The molecule has 5 heteroatoms. The Morgan fingerprint density at radius 3 is 1.92 bits per heavy atom. The zero-order valence-electron chi connectivity index (χ0n) is 13.5. The van der Waals surface area contributed by atoms with Crippen LogP contribution in [0.15, 0.2) is 94.7 Å². The van der Waals surface area contributed by atoms with E-state index >= 15 is 0 Å². The summed E-state index contributed by atoms with van der Waals surface area (Å²) in [6.45, 7) is 0. The zero-order chi connectivity index (χ0) is 17.5. The first-order valence-electron chi connectivity index (χ1n) is 7.84. The summed E-state index contributed by atoms with van der Waals surface area (Å²) >= 11 is 0. The van der Waals surface area contributed by atoms with Crippen LogP contribution in [-0.4, -0.2) is 8.42 Å². The maximum absolute atomic E-state index is 12.8. The van der Waals surface area contributed by atoms with Crippen LogP contribution in [0.1, 0.15) is 11.1 Å². The average Bonchev–Trinajstić information content (AvgIpc) is 2.63. The Balaban J connectivity index is 1.74. The first kappa shape index (κ1) is 18.1. The maximum atomic E-state index is 12.8. The molecule has 0 bridgehead atoms. The van der Waals surface area contributed by atoms with Crippen molar-refractivity contribution < 1.29 is 8.42 Å². The molecule has 0 unspecified atom stereocenters. The summed E-state index contributed by atoms with van der Waals surface area (Å²) in [6.07, 6.45) is 0. The minimum Gasteiger partial charge on any atom is -0.223 e. The molecule has 3 aromatic rings. The van der Waals surface area contributed by atoms with Crippen molar-refractivity contribution in [2.75, 3.05) is 0 Å². The van der Waals surface area contributed by atoms with Crippen molar-refractivity contribution in [3.8, 4) is 0 Å². The third kappa shape index (κ3) is 5.14. The highest BCUT2D eigenvalue weighted by Gasteiger charge is 2.19. The predicted molar refractivity (Wildman–Crippen MR) is 107 cm³/mol. The van der Waals surface area contributed by atoms with E-state index < -0.39 is 9.84 Å². The zero-order valence-corrected chi connectivity index (χ0v) is 16.0. The van der Waals surface area contributed by atoms with E-state index in [0.717, 1.165) is 16.2 Å². The first-order chi connectivity index (χ1) is 12.1. The molecule has 0 amide bonds. The standard InChI is InChI=1S/C20H18O2S3/c21-25(22,16-18-11-5-2-6-12-18)20-14-8-7-13-19(20)24-23-15-17-9-3-1-4-10-17/h1-14H,15-16H2. The Morgan fingerprint density at radius 1 is 0.680 bits per heavy atom. The SMILES string of the molecule is O=S(=O)(Cc1ccccc1)c1ccccc1SSCc1ccccc1. The van der Waals surface area contributed by atoms with Gasteiger partial charge in [-0.05, 0) is 23.3 Å². The second kappa shape index (κ2) is 8.61. The van der Waals surface area contributed by atoms with Gasteiger partial charge in [0.25, 0.3) is 0 Å². The molecule has 0 saturated heterocycles. The van der Waals surface area contributed by atoms with E-state index in [0.29, 0.717) is 4.90 Å². The molecule has 0 atom stereocenters. The normalized spacial score (nSPS) is 11.4. The van der Waals surface area contributed by atoms with Gasteiger partial charge >= 0.3 is 0 Å². The highest BCUT2D eigenvalue weighted by atomic mass is 33.1. The quantitative estimate of drug-likeness (QED) is 0.495. The van der Waals surface area contributed by atoms with E-state index in [-0.39, 0.29) is 5.75 Å². The van der Waals surface area contributed by atoms with Crippen LogP contribution >= 0.6 is 21.6 Å². The summed E-state index contributed by atoms with van der Waals surface area (Å²) in [7, 11) is -0.208. The van der Waals surface area contributed by atoms with Crippen LogP contribution in [0.4, 0.5) is 0 Å². The molecule has 2 nitrogen and oxygen atoms in total. The number of hydrogen-bond donors (Lipinski definition) is 0. The molecule has 0 heterocycles. The van der Waals surface area contributed by atoms with Crippen LogP contribution < -0.4 is 0 Å². The molecule has 0 fully saturated rings. The van der Waals surface area contributed by atoms with Gasteiger partial charge in [-0.25, -0.2) is 8.42 Å². The Hall–Kier alpha value is -1.69. The van der Waals surface area contributed by atoms with Gasteiger partial charge < -0.3 is 0 Å². The topological polar surface area (TPSA) is 34.1 Å². The third-order valence-corrected chi connectivity index (χ3v) is 7.82. The molecule has 25 heavy (non-hydrogen) atoms. The van der Waals surface area contributed by atoms with Crippen LogP contribution in [0.3, 0.4) is 0 Å². The molecule has 3 aromatic carbocycles. The van der Waals surface area contributed by atoms with Crippen molar-refractivity contribution in [2.24, 2.45) is 0 Å². The van der Waals surface area contributed by atoms with Gasteiger partial charge in [0.05, 0.1) is 10.6 Å². The molecule has 0 aliphatic rings. The van der Waals surface area contributed by atoms with Crippen LogP contribution in [0.5, 0.6) is 0 Å². The Labute approximate surface area is 157 Å². The molecule has 0 spiro atoms. The van der Waals surface area contributed by atoms with Gasteiger partial charge in [0.15, 0.2) is 9.84 Å². The lowest BCUT2D eigenvalue weighted by molar-refractivity contribution is 0.593. The summed E-state index contributed by atoms with van der Waals surface area (Å²) in [5.41, 5.74) is 2.03. The number of hydrogen-bond acceptors (Lipinski definition) is 4. The predicted octanol–water partition coefficient (Wildman–Crippen LogP) is 5.60. The van der Waals surface area contributed by atoms with Crippen molar-refractivity contribution >= 4 is 31.4 Å². The lowest BCUT2D eigenvalue weighted by Gasteiger charge is -2.10. The molecule has 0 saturated carbocycles. The molecular formula is C20H18O2S3. The van der Waals surface area contributed by atoms with Gasteiger partial charge in [-0.1, -0.05) is 94.4 Å². The van der Waals surface area contributed by atoms with E-state index in [9.17, 15) is 8.42 Å². The highest BCUT2D eigenvalue weighted by Crippen LogP contribution is 2.38. The van der Waals surface area contributed by atoms with Crippen molar-refractivity contribution in [1.82, 2.24) is 0 Å². The summed E-state index contributed by atoms with van der Waals surface area (Å²) in [4.78, 5) is 1.20. The highest BCUT2D eigenvalue weighted by molar-refractivity contribution is 8.76. The van der Waals surface area contributed by atoms with Crippen LogP contribution in [0.2, 0.25) is 0 Å². The molecular weight excluding hydrogens is 368 g/mol. The molecule has 0 radical (unpaired) electrons. The van der Waals surface area contributed by atoms with E-state index in [4.69, 9.17) is 0 Å². The van der Waals surface area contributed by atoms with Crippen LogP contribution in [0.25, 0.3) is 0 Å². The van der Waals surface area contributed by atoms with Crippen LogP contribution in [0, 0.1) is 0 Å². The van der Waals surface area contributed by atoms with Gasteiger partial charge in [0.2, 0.25) is 0 Å². The molecule has 128 valence electrons. The summed E-state index contributed by atoms with van der Waals surface area (Å²) in [5, 5.41) is 0. The van der Waals surface area contributed by atoms with E-state index in [1.807, 2.05) is 60.7 Å². The monoisotopic (exact) mass is 386 g/mol. The van der Waals surface area contributed by atoms with Crippen molar-refractivity contribution in [2.45, 2.75) is 21.3 Å². The average molecular weight is 387 g/mol. The molecule has 0 aromatic heterocycles. The Morgan fingerprint density at radius 2 is 1.24 bits per heavy atom. The largest absolute Gasteiger partial charge is 0.223 e. The Bertz CT molecular complexity index is 908. The van der Waals surface area contributed by atoms with E-state index in [2.05, 4.69) is 12.1 Å². The number of benzene rings is 3. The second-order valence-electron chi connectivity index (χ2n) is 5.52. The maximum Gasteiger partial charge on any atom is 0.183 e. The van der Waals surface area contributed by atoms with E-state index in [1.165, 1.54) is 16.4 Å². The van der Waals surface area contributed by atoms with Gasteiger partial charge in [-0.2, -0.15) is 0 Å². The Kier molecular flexibility index (Phi) is 6.24. The second-order valence-corrected chi connectivity index (χ2v) is 9.82. The van der Waals surface area contributed by atoms with Gasteiger partial charge in [-0.15, -0.1) is 0 Å². The van der Waals surface area contributed by atoms with Crippen molar-refractivity contribution in [1.29, 1.82) is 0 Å². The summed E-state index contributed by atoms with van der Waals surface area (Å²) < 4.78 is 25.7. The van der Waals surface area contributed by atoms with Crippen molar-refractivity contribution in [3.63, 3.8) is 0 Å². The fourth-order valence-corrected chi connectivity index (χ4v) is 6.69. The van der Waals surface area contributed by atoms with Crippen LogP contribution in [-0.2, 0) is 21.3 Å². The molecule has 0 aliphatic carbocycles. The fraction of sp³-hybridized carbons (Fsp3) is 0.100. The first-order valence-corrected chi connectivity index (χ1v) is 11.8. The molecule has 0 aliphatic heterocycles. The molecule has 0 N–H and O–H groups in total. The lowest BCUT2D eigenvalue weighted by atomic mass is 10.2. The van der Waals surface area contributed by atoms with E-state index in [1.54, 1.807) is 22.9 Å². The number of sulfone groups is 1. The lowest BCUT2D eigenvalue weighted by Crippen LogP contribution is -2.06. The van der Waals surface area contributed by atoms with Gasteiger partial charge in [-0.3, -0.25) is 0 Å². The van der Waals surface area contributed by atoms with Crippen molar-refractivity contribution in [3.05, 3.63) is 96.1 Å². The fourth-order valence-electron chi connectivity index (χ4n) is 2.38. The third-order valence-electron chi connectivity index (χ3n) is 3.60. The van der Waals surface area contributed by atoms with Gasteiger partial charge in [0, 0.05) is 10.6 Å². The smallest absolute Gasteiger partial charge is 0.183 e. The summed E-state index contributed by atoms with van der Waals surface area (Å²) in [5.74, 6) is 0.855. The minimum atomic E-state index is -3.37. The molecule has 3 rings (SSSR count). The van der Waals surface area contributed by atoms with Gasteiger partial charge in [0.1, 0.15) is 0 Å².